The van der Waals surface area contributed by atoms with E-state index < -0.39 is 6.04 Å². The number of nitrogens with zero attached hydrogens (tertiary/aromatic N) is 2. The highest BCUT2D eigenvalue weighted by atomic mass is 79.9. The molecule has 2 amide bonds. The molecule has 1 atom stereocenters. The van der Waals surface area contributed by atoms with E-state index in [1.165, 1.54) is 0 Å². The highest BCUT2D eigenvalue weighted by Crippen LogP contribution is 2.34. The Balaban J connectivity index is 1.66. The Bertz CT molecular complexity index is 899. The van der Waals surface area contributed by atoms with Crippen molar-refractivity contribution >= 4 is 33.4 Å². The summed E-state index contributed by atoms with van der Waals surface area (Å²) in [6.07, 6.45) is 6.17. The van der Waals surface area contributed by atoms with Gasteiger partial charge < -0.3 is 9.88 Å². The van der Waals surface area contributed by atoms with Crippen molar-refractivity contribution in [2.45, 2.75) is 58.2 Å². The number of hydrogen-bond donors (Lipinski definition) is 1. The van der Waals surface area contributed by atoms with Crippen molar-refractivity contribution < 1.29 is 9.59 Å². The summed E-state index contributed by atoms with van der Waals surface area (Å²) in [6.45, 7) is 4.51. The van der Waals surface area contributed by atoms with Gasteiger partial charge in [0.2, 0.25) is 11.8 Å². The molecule has 1 N–H and O–H groups in total. The zero-order valence-electron chi connectivity index (χ0n) is 16.3. The third kappa shape index (κ3) is 3.62. The number of amides is 2. The Hall–Kier alpha value is -2.08. The predicted octanol–water partition coefficient (Wildman–Crippen LogP) is 4.34. The monoisotopic (exact) mass is 443 g/mol. The zero-order chi connectivity index (χ0) is 19.8. The average molecular weight is 444 g/mol. The molecular weight excluding hydrogens is 418 g/mol. The van der Waals surface area contributed by atoms with Gasteiger partial charge in [-0.3, -0.25) is 14.5 Å². The van der Waals surface area contributed by atoms with Gasteiger partial charge in [-0.2, -0.15) is 0 Å². The van der Waals surface area contributed by atoms with E-state index in [1.54, 1.807) is 4.90 Å². The standard InChI is InChI=1S/C22H26BrN3O2/c1-14-5-7-16(8-6-14)24-22(28)21-19-4-3-11-25(19)13-20(27)26(21)17-9-10-18(23)15(2)12-17/h3-4,9-12,14,16,21H,5-8,13H2,1-2H3,(H,24,28)/t14?,16?,21-/m1/s1. The number of benzene rings is 1. The Morgan fingerprint density at radius 3 is 2.64 bits per heavy atom. The maximum atomic E-state index is 13.4. The van der Waals surface area contributed by atoms with Crippen molar-refractivity contribution in [2.24, 2.45) is 5.92 Å². The fourth-order valence-corrected chi connectivity index (χ4v) is 4.57. The van der Waals surface area contributed by atoms with Crippen LogP contribution in [-0.4, -0.2) is 22.4 Å². The first kappa shape index (κ1) is 19.2. The second kappa shape index (κ2) is 7.74. The smallest absolute Gasteiger partial charge is 0.249 e. The SMILES string of the molecule is Cc1cc(N2C(=O)Cn3cccc3[C@@H]2C(=O)NC2CCC(C)CC2)ccc1Br. The minimum absolute atomic E-state index is 0.0668. The van der Waals surface area contributed by atoms with Gasteiger partial charge in [-0.1, -0.05) is 22.9 Å². The van der Waals surface area contributed by atoms with Crippen LogP contribution in [0.4, 0.5) is 5.69 Å². The van der Waals surface area contributed by atoms with Gasteiger partial charge in [0.1, 0.15) is 6.54 Å². The number of carbonyl (C=O) groups excluding carboxylic acids is 2. The highest BCUT2D eigenvalue weighted by Gasteiger charge is 2.39. The maximum absolute atomic E-state index is 13.4. The highest BCUT2D eigenvalue weighted by molar-refractivity contribution is 9.10. The molecule has 0 unspecified atom stereocenters. The van der Waals surface area contributed by atoms with Crippen LogP contribution in [-0.2, 0) is 16.1 Å². The van der Waals surface area contributed by atoms with Gasteiger partial charge in [0.05, 0.1) is 5.69 Å². The molecule has 148 valence electrons. The summed E-state index contributed by atoms with van der Waals surface area (Å²) < 4.78 is 2.87. The molecule has 1 aliphatic carbocycles. The number of rotatable bonds is 3. The second-order valence-corrected chi connectivity index (χ2v) is 8.98. The second-order valence-electron chi connectivity index (χ2n) is 8.13. The van der Waals surface area contributed by atoms with Crippen LogP contribution in [0.25, 0.3) is 0 Å². The number of carbonyl (C=O) groups is 2. The molecule has 0 radical (unpaired) electrons. The molecule has 1 aromatic carbocycles. The average Bonchev–Trinajstić information content (AvgIpc) is 3.12. The number of fused-ring (bicyclic) bond motifs is 1. The van der Waals surface area contributed by atoms with Gasteiger partial charge in [-0.15, -0.1) is 0 Å². The molecule has 0 spiro atoms. The fourth-order valence-electron chi connectivity index (χ4n) is 4.33. The summed E-state index contributed by atoms with van der Waals surface area (Å²) in [4.78, 5) is 28.0. The van der Waals surface area contributed by atoms with E-state index in [0.717, 1.165) is 53.0 Å². The summed E-state index contributed by atoms with van der Waals surface area (Å²) in [6, 6.07) is 9.19. The molecule has 2 aromatic rings. The first-order valence-electron chi connectivity index (χ1n) is 9.97. The van der Waals surface area contributed by atoms with E-state index in [2.05, 4.69) is 28.2 Å². The van der Waals surface area contributed by atoms with Crippen LogP contribution in [0.5, 0.6) is 0 Å². The van der Waals surface area contributed by atoms with Crippen molar-refractivity contribution in [3.63, 3.8) is 0 Å². The zero-order valence-corrected chi connectivity index (χ0v) is 17.9. The summed E-state index contributed by atoms with van der Waals surface area (Å²) in [5.74, 6) is 0.569. The molecule has 2 aliphatic rings. The summed E-state index contributed by atoms with van der Waals surface area (Å²) in [5, 5.41) is 3.23. The quantitative estimate of drug-likeness (QED) is 0.766. The van der Waals surface area contributed by atoms with Gasteiger partial charge >= 0.3 is 0 Å². The Labute approximate surface area is 174 Å². The minimum Gasteiger partial charge on any atom is -0.351 e. The van der Waals surface area contributed by atoms with Crippen LogP contribution in [0.3, 0.4) is 0 Å². The van der Waals surface area contributed by atoms with Gasteiger partial charge in [-0.05, 0) is 74.4 Å². The molecule has 1 aliphatic heterocycles. The molecule has 1 saturated carbocycles. The van der Waals surface area contributed by atoms with Crippen molar-refractivity contribution in [1.29, 1.82) is 0 Å². The minimum atomic E-state index is -0.642. The van der Waals surface area contributed by atoms with E-state index in [1.807, 2.05) is 48.0 Å². The van der Waals surface area contributed by atoms with Crippen LogP contribution >= 0.6 is 15.9 Å². The topological polar surface area (TPSA) is 54.3 Å². The van der Waals surface area contributed by atoms with Crippen molar-refractivity contribution in [1.82, 2.24) is 9.88 Å². The van der Waals surface area contributed by atoms with E-state index in [4.69, 9.17) is 0 Å². The normalized spacial score (nSPS) is 24.8. The van der Waals surface area contributed by atoms with Gasteiger partial charge in [0.25, 0.3) is 0 Å². The van der Waals surface area contributed by atoms with Crippen LogP contribution in [0.2, 0.25) is 0 Å². The lowest BCUT2D eigenvalue weighted by Crippen LogP contribution is -2.51. The summed E-state index contributed by atoms with van der Waals surface area (Å²) in [5.41, 5.74) is 2.66. The molecule has 4 rings (SSSR count). The van der Waals surface area contributed by atoms with Crippen LogP contribution in [0.15, 0.2) is 41.0 Å². The largest absolute Gasteiger partial charge is 0.351 e. The van der Waals surface area contributed by atoms with E-state index in [-0.39, 0.29) is 24.4 Å². The van der Waals surface area contributed by atoms with Gasteiger partial charge in [-0.25, -0.2) is 0 Å². The third-order valence-electron chi connectivity index (χ3n) is 6.01. The van der Waals surface area contributed by atoms with Crippen molar-refractivity contribution in [3.8, 4) is 0 Å². The lowest BCUT2D eigenvalue weighted by molar-refractivity contribution is -0.128. The molecule has 0 saturated heterocycles. The Kier molecular flexibility index (Phi) is 5.32. The number of anilines is 1. The van der Waals surface area contributed by atoms with E-state index in [9.17, 15) is 9.59 Å². The molecule has 5 nitrogen and oxygen atoms in total. The van der Waals surface area contributed by atoms with Crippen molar-refractivity contribution in [3.05, 3.63) is 52.3 Å². The van der Waals surface area contributed by atoms with Gasteiger partial charge in [0, 0.05) is 22.4 Å². The van der Waals surface area contributed by atoms with Gasteiger partial charge in [0.15, 0.2) is 6.04 Å². The Morgan fingerprint density at radius 2 is 1.93 bits per heavy atom. The van der Waals surface area contributed by atoms with Crippen molar-refractivity contribution in [2.75, 3.05) is 4.90 Å². The first-order valence-corrected chi connectivity index (χ1v) is 10.8. The van der Waals surface area contributed by atoms with E-state index in [0.29, 0.717) is 0 Å². The number of aryl methyl sites for hydroxylation is 1. The van der Waals surface area contributed by atoms with Crippen LogP contribution in [0, 0.1) is 12.8 Å². The number of halogens is 1. The third-order valence-corrected chi connectivity index (χ3v) is 6.90. The summed E-state index contributed by atoms with van der Waals surface area (Å²) in [7, 11) is 0. The maximum Gasteiger partial charge on any atom is 0.249 e. The Morgan fingerprint density at radius 1 is 1.18 bits per heavy atom. The lowest BCUT2D eigenvalue weighted by Gasteiger charge is -2.37. The molecule has 28 heavy (non-hydrogen) atoms. The van der Waals surface area contributed by atoms with Crippen LogP contribution in [0.1, 0.15) is 49.9 Å². The molecule has 1 aromatic heterocycles. The first-order chi connectivity index (χ1) is 13.4. The number of nitrogens with one attached hydrogen (secondary N) is 1. The molecule has 2 heterocycles. The fraction of sp³-hybridized carbons (Fsp3) is 0.455. The molecule has 6 heteroatoms. The number of hydrogen-bond acceptors (Lipinski definition) is 2. The molecule has 0 bridgehead atoms. The number of aromatic nitrogens is 1. The predicted molar refractivity (Wildman–Crippen MR) is 113 cm³/mol. The lowest BCUT2D eigenvalue weighted by atomic mass is 9.87. The molecular formula is C22H26BrN3O2. The molecule has 1 fully saturated rings. The summed E-state index contributed by atoms with van der Waals surface area (Å²) >= 11 is 3.52. The van der Waals surface area contributed by atoms with E-state index >= 15 is 0 Å². The van der Waals surface area contributed by atoms with Crippen LogP contribution < -0.4 is 10.2 Å².